The Balaban J connectivity index is 1.56. The zero-order valence-electron chi connectivity index (χ0n) is 16.7. The molecule has 1 fully saturated rings. The second kappa shape index (κ2) is 7.69. The van der Waals surface area contributed by atoms with Crippen LogP contribution in [0.4, 0.5) is 5.82 Å². The van der Waals surface area contributed by atoms with Crippen LogP contribution in [0.1, 0.15) is 37.4 Å². The van der Waals surface area contributed by atoms with Gasteiger partial charge in [0, 0.05) is 30.2 Å². The molecule has 0 saturated heterocycles. The number of halogens is 1. The molecule has 0 atom stereocenters. The molecule has 4 N–H and O–H groups in total. The molecule has 5 rings (SSSR count). The van der Waals surface area contributed by atoms with Gasteiger partial charge < -0.3 is 16.0 Å². The van der Waals surface area contributed by atoms with Gasteiger partial charge in [-0.3, -0.25) is 4.40 Å². The van der Waals surface area contributed by atoms with Gasteiger partial charge in [0.15, 0.2) is 0 Å². The number of aromatic amines is 1. The Labute approximate surface area is 180 Å². The van der Waals surface area contributed by atoms with Crippen molar-refractivity contribution >= 4 is 33.8 Å². The highest BCUT2D eigenvalue weighted by Crippen LogP contribution is 2.39. The van der Waals surface area contributed by atoms with E-state index in [-0.39, 0.29) is 0 Å². The van der Waals surface area contributed by atoms with E-state index in [0.29, 0.717) is 22.7 Å². The second-order valence-electron chi connectivity index (χ2n) is 8.07. The van der Waals surface area contributed by atoms with E-state index < -0.39 is 0 Å². The largest absolute Gasteiger partial charge is 0.391 e. The lowest BCUT2D eigenvalue weighted by atomic mass is 9.81. The standard InChI is InChI=1S/C23H25ClN6/c1-2-26-13-14-6-8-15(9-7-14)23-29-20(21-22(25)27-10-11-30(21)23)18-12-16-4-3-5-17(24)19(16)28-18/h2-5,10-12,14-15,26,28H,1,6-9,13H2,(H2,25,27)/t14-,15-. The van der Waals surface area contributed by atoms with Crippen LogP contribution in [0.2, 0.25) is 5.02 Å². The van der Waals surface area contributed by atoms with Crippen LogP contribution >= 0.6 is 11.6 Å². The Morgan fingerprint density at radius 3 is 2.90 bits per heavy atom. The van der Waals surface area contributed by atoms with Crippen molar-refractivity contribution in [2.75, 3.05) is 12.3 Å². The number of rotatable bonds is 5. The average molecular weight is 421 g/mol. The first kappa shape index (κ1) is 19.0. The Hall–Kier alpha value is -2.99. The number of hydrogen-bond acceptors (Lipinski definition) is 4. The van der Waals surface area contributed by atoms with Crippen molar-refractivity contribution < 1.29 is 0 Å². The maximum absolute atomic E-state index is 6.38. The highest BCUT2D eigenvalue weighted by atomic mass is 35.5. The average Bonchev–Trinajstić information content (AvgIpc) is 3.36. The van der Waals surface area contributed by atoms with Crippen LogP contribution in [0.3, 0.4) is 0 Å². The summed E-state index contributed by atoms with van der Waals surface area (Å²) in [5, 5.41) is 5.00. The van der Waals surface area contributed by atoms with Crippen molar-refractivity contribution in [2.24, 2.45) is 5.92 Å². The van der Waals surface area contributed by atoms with E-state index in [9.17, 15) is 0 Å². The summed E-state index contributed by atoms with van der Waals surface area (Å²) in [6.07, 6.45) is 10.1. The first-order valence-electron chi connectivity index (χ1n) is 10.4. The number of nitrogens with zero attached hydrogens (tertiary/aromatic N) is 3. The van der Waals surface area contributed by atoms with Gasteiger partial charge >= 0.3 is 0 Å². The molecule has 30 heavy (non-hydrogen) atoms. The van der Waals surface area contributed by atoms with Crippen LogP contribution in [-0.2, 0) is 0 Å². The molecule has 6 nitrogen and oxygen atoms in total. The summed E-state index contributed by atoms with van der Waals surface area (Å²) in [6, 6.07) is 7.96. The predicted octanol–water partition coefficient (Wildman–Crippen LogP) is 5.12. The third-order valence-corrected chi connectivity index (χ3v) is 6.55. The zero-order valence-corrected chi connectivity index (χ0v) is 17.5. The summed E-state index contributed by atoms with van der Waals surface area (Å²) in [6.45, 7) is 4.75. The number of nitrogens with one attached hydrogen (secondary N) is 2. The van der Waals surface area contributed by atoms with Gasteiger partial charge in [-0.05, 0) is 49.9 Å². The number of aromatic nitrogens is 4. The molecule has 0 aliphatic heterocycles. The second-order valence-corrected chi connectivity index (χ2v) is 8.47. The molecule has 1 saturated carbocycles. The Morgan fingerprint density at radius 2 is 2.13 bits per heavy atom. The zero-order chi connectivity index (χ0) is 20.7. The maximum atomic E-state index is 6.38. The summed E-state index contributed by atoms with van der Waals surface area (Å²) >= 11 is 6.38. The third kappa shape index (κ3) is 3.21. The fourth-order valence-electron chi connectivity index (χ4n) is 4.68. The molecule has 3 aromatic heterocycles. The fraction of sp³-hybridized carbons (Fsp3) is 0.304. The number of H-pyrrole nitrogens is 1. The molecular weight excluding hydrogens is 396 g/mol. The van der Waals surface area contributed by atoms with E-state index in [1.807, 2.05) is 24.4 Å². The lowest BCUT2D eigenvalue weighted by molar-refractivity contribution is 0.316. The fourth-order valence-corrected chi connectivity index (χ4v) is 4.91. The molecule has 1 aromatic carbocycles. The summed E-state index contributed by atoms with van der Waals surface area (Å²) in [5.74, 6) is 2.64. The van der Waals surface area contributed by atoms with Gasteiger partial charge in [-0.15, -0.1) is 0 Å². The first-order valence-corrected chi connectivity index (χ1v) is 10.8. The number of nitrogens with two attached hydrogens (primary N) is 1. The molecule has 1 aliphatic carbocycles. The number of anilines is 1. The normalized spacial score (nSPS) is 19.4. The number of imidazole rings is 1. The van der Waals surface area contributed by atoms with Gasteiger partial charge in [-0.1, -0.05) is 30.3 Å². The minimum atomic E-state index is 0.404. The highest BCUT2D eigenvalue weighted by molar-refractivity contribution is 6.35. The Morgan fingerprint density at radius 1 is 1.30 bits per heavy atom. The van der Waals surface area contributed by atoms with Crippen molar-refractivity contribution in [1.82, 2.24) is 24.7 Å². The van der Waals surface area contributed by atoms with E-state index in [1.54, 1.807) is 12.4 Å². The Bertz CT molecular complexity index is 1220. The smallest absolute Gasteiger partial charge is 0.150 e. The van der Waals surface area contributed by atoms with Crippen molar-refractivity contribution in [3.8, 4) is 11.4 Å². The van der Waals surface area contributed by atoms with E-state index in [4.69, 9.17) is 22.3 Å². The van der Waals surface area contributed by atoms with Gasteiger partial charge in [0.2, 0.25) is 0 Å². The van der Waals surface area contributed by atoms with E-state index in [0.717, 1.165) is 53.0 Å². The number of fused-ring (bicyclic) bond motifs is 2. The summed E-state index contributed by atoms with van der Waals surface area (Å²) in [5.41, 5.74) is 9.81. The van der Waals surface area contributed by atoms with Gasteiger partial charge in [-0.2, -0.15) is 0 Å². The van der Waals surface area contributed by atoms with E-state index in [1.165, 1.54) is 12.8 Å². The van der Waals surface area contributed by atoms with Gasteiger partial charge in [0.05, 0.1) is 16.2 Å². The van der Waals surface area contributed by atoms with Gasteiger partial charge in [0.1, 0.15) is 22.9 Å². The minimum absolute atomic E-state index is 0.404. The maximum Gasteiger partial charge on any atom is 0.150 e. The molecule has 154 valence electrons. The summed E-state index contributed by atoms with van der Waals surface area (Å²) in [7, 11) is 0. The molecule has 0 spiro atoms. The van der Waals surface area contributed by atoms with Crippen molar-refractivity contribution in [3.05, 3.63) is 60.3 Å². The summed E-state index contributed by atoms with van der Waals surface area (Å²) in [4.78, 5) is 12.9. The monoisotopic (exact) mass is 420 g/mol. The number of benzene rings is 1. The van der Waals surface area contributed by atoms with Crippen LogP contribution in [0.5, 0.6) is 0 Å². The molecule has 7 heteroatoms. The Kier molecular flexibility index (Phi) is 4.87. The van der Waals surface area contributed by atoms with Crippen LogP contribution in [0, 0.1) is 5.92 Å². The highest BCUT2D eigenvalue weighted by Gasteiger charge is 2.27. The molecule has 3 heterocycles. The number of para-hydroxylation sites is 1. The van der Waals surface area contributed by atoms with E-state index in [2.05, 4.69) is 32.3 Å². The van der Waals surface area contributed by atoms with E-state index >= 15 is 0 Å². The first-order chi connectivity index (χ1) is 14.7. The summed E-state index contributed by atoms with van der Waals surface area (Å²) < 4.78 is 2.12. The quantitative estimate of drug-likeness (QED) is 0.418. The van der Waals surface area contributed by atoms with Gasteiger partial charge in [0.25, 0.3) is 0 Å². The SMILES string of the molecule is C=CNC[C@H]1CC[C@H](c2nc(-c3cc4cccc(Cl)c4[nH]3)c3c(N)nccn32)CC1. The van der Waals surface area contributed by atoms with Crippen molar-refractivity contribution in [1.29, 1.82) is 0 Å². The van der Waals surface area contributed by atoms with Crippen LogP contribution < -0.4 is 11.1 Å². The lowest BCUT2D eigenvalue weighted by Gasteiger charge is -2.27. The molecule has 0 bridgehead atoms. The topological polar surface area (TPSA) is 84.0 Å². The lowest BCUT2D eigenvalue weighted by Crippen LogP contribution is -2.23. The minimum Gasteiger partial charge on any atom is -0.391 e. The molecule has 0 amide bonds. The molecule has 1 aliphatic rings. The predicted molar refractivity (Wildman–Crippen MR) is 123 cm³/mol. The van der Waals surface area contributed by atoms with Crippen LogP contribution in [-0.4, -0.2) is 25.9 Å². The molecule has 4 aromatic rings. The number of nitrogen functional groups attached to an aromatic ring is 1. The molecule has 0 unspecified atom stereocenters. The van der Waals surface area contributed by atoms with Crippen LogP contribution in [0.25, 0.3) is 27.8 Å². The number of hydrogen-bond donors (Lipinski definition) is 3. The molecular formula is C23H25ClN6. The van der Waals surface area contributed by atoms with Crippen molar-refractivity contribution in [2.45, 2.75) is 31.6 Å². The third-order valence-electron chi connectivity index (χ3n) is 6.23. The van der Waals surface area contributed by atoms with Crippen LogP contribution in [0.15, 0.2) is 49.4 Å². The molecule has 0 radical (unpaired) electrons. The van der Waals surface area contributed by atoms with Gasteiger partial charge in [-0.25, -0.2) is 9.97 Å². The van der Waals surface area contributed by atoms with Crippen molar-refractivity contribution in [3.63, 3.8) is 0 Å².